The maximum absolute atomic E-state index is 14.1. The Bertz CT molecular complexity index is 1840. The lowest BCUT2D eigenvalue weighted by Crippen LogP contribution is -2.46. The van der Waals surface area contributed by atoms with Crippen molar-refractivity contribution < 1.29 is 47.2 Å². The van der Waals surface area contributed by atoms with Crippen LogP contribution in [-0.4, -0.2) is 102 Å². The van der Waals surface area contributed by atoms with Crippen LogP contribution in [0.25, 0.3) is 11.2 Å². The first-order chi connectivity index (χ1) is 24.5. The highest BCUT2D eigenvalue weighted by atomic mass is 79.9. The highest BCUT2D eigenvalue weighted by molar-refractivity contribution is 9.10. The van der Waals surface area contributed by atoms with Crippen LogP contribution in [0.4, 0.5) is 0 Å². The van der Waals surface area contributed by atoms with Crippen LogP contribution in [0.2, 0.25) is 18.1 Å². The molecule has 7 atom stereocenters. The summed E-state index contributed by atoms with van der Waals surface area (Å²) in [6, 6.07) is 7.91. The first-order valence-corrected chi connectivity index (χ1v) is 20.6. The standard InChI is InChI=1S/C35H45BrN4O11Si/c1-9-15-45-27-23(16-46-24(27)17-47-33(44)22-13-11-10-12-14-22)39-19-37-30-26(31(39)43)38-34(36)40(30)32-29(50-21(3)42)28(49-20(2)41)25(51-32)18-48-52(7,8)35(4,5)6/h9-14,19,23-25,27-29,32H,1,15-18H2,2-8H3/t23-,24-,25-,27+,28-,29-,32-/m1/s1. The molecule has 282 valence electrons. The first kappa shape index (κ1) is 39.5. The molecule has 0 N–H and O–H groups in total. The molecular weight excluding hydrogens is 760 g/mol. The molecule has 2 aromatic heterocycles. The summed E-state index contributed by atoms with van der Waals surface area (Å²) >= 11 is 3.45. The molecule has 5 rings (SSSR count). The number of benzene rings is 1. The van der Waals surface area contributed by atoms with Gasteiger partial charge >= 0.3 is 17.9 Å². The SMILES string of the molecule is C=CCO[C@H]1[C@H](n2cnc3c(nc(Br)n3[C@@H]3O[C@H](CO[Si](C)(C)C(C)(C)C)[C@@H](OC(C)=O)[C@H]3OC(C)=O)c2=O)CO[C@@H]1COC(=O)c1ccccc1. The number of carbonyl (C=O) groups is 3. The molecule has 2 saturated heterocycles. The van der Waals surface area contributed by atoms with Crippen molar-refractivity contribution >= 4 is 53.3 Å². The fourth-order valence-electron chi connectivity index (χ4n) is 5.88. The maximum Gasteiger partial charge on any atom is 0.338 e. The van der Waals surface area contributed by atoms with Gasteiger partial charge in [-0.15, -0.1) is 6.58 Å². The number of esters is 3. The van der Waals surface area contributed by atoms with Crippen LogP contribution >= 0.6 is 15.9 Å². The van der Waals surface area contributed by atoms with Crippen LogP contribution in [-0.2, 0) is 42.4 Å². The van der Waals surface area contributed by atoms with E-state index in [4.69, 9.17) is 32.8 Å². The molecule has 0 spiro atoms. The van der Waals surface area contributed by atoms with E-state index in [1.165, 1.54) is 29.3 Å². The van der Waals surface area contributed by atoms with Crippen LogP contribution in [0.5, 0.6) is 0 Å². The first-order valence-electron chi connectivity index (χ1n) is 16.9. The minimum atomic E-state index is -2.28. The van der Waals surface area contributed by atoms with Crippen molar-refractivity contribution in [3.8, 4) is 0 Å². The van der Waals surface area contributed by atoms with Gasteiger partial charge in [-0.05, 0) is 46.2 Å². The van der Waals surface area contributed by atoms with E-state index in [1.807, 2.05) is 0 Å². The molecule has 52 heavy (non-hydrogen) atoms. The van der Waals surface area contributed by atoms with Gasteiger partial charge in [-0.25, -0.2) is 14.8 Å². The Balaban J connectivity index is 1.46. The van der Waals surface area contributed by atoms with Crippen LogP contribution in [0.15, 0.2) is 58.8 Å². The predicted molar refractivity (Wildman–Crippen MR) is 193 cm³/mol. The number of halogens is 1. The van der Waals surface area contributed by atoms with Crippen LogP contribution in [0, 0.1) is 0 Å². The second-order valence-electron chi connectivity index (χ2n) is 14.2. The monoisotopic (exact) mass is 804 g/mol. The number of fused-ring (bicyclic) bond motifs is 1. The number of hydrogen-bond acceptors (Lipinski definition) is 13. The van der Waals surface area contributed by atoms with Gasteiger partial charge in [-0.3, -0.25) is 23.5 Å². The van der Waals surface area contributed by atoms with E-state index in [9.17, 15) is 19.2 Å². The minimum absolute atomic E-state index is 0.0222. The van der Waals surface area contributed by atoms with Gasteiger partial charge in [0.15, 0.2) is 42.7 Å². The molecule has 2 aliphatic rings. The number of ether oxygens (including phenoxy) is 6. The fraction of sp³-hybridized carbons (Fsp3) is 0.543. The predicted octanol–water partition coefficient (Wildman–Crippen LogP) is 4.51. The van der Waals surface area contributed by atoms with Gasteiger partial charge in [-0.2, -0.15) is 0 Å². The second-order valence-corrected chi connectivity index (χ2v) is 19.7. The Morgan fingerprint density at radius 1 is 1.04 bits per heavy atom. The minimum Gasteiger partial charge on any atom is -0.459 e. The lowest BCUT2D eigenvalue weighted by molar-refractivity contribution is -0.165. The molecule has 2 fully saturated rings. The topological polar surface area (TPSA) is 169 Å². The highest BCUT2D eigenvalue weighted by Gasteiger charge is 2.52. The number of aromatic nitrogens is 4. The van der Waals surface area contributed by atoms with Gasteiger partial charge in [0.1, 0.15) is 31.2 Å². The van der Waals surface area contributed by atoms with Gasteiger partial charge in [0.05, 0.1) is 31.4 Å². The van der Waals surface area contributed by atoms with Crippen LogP contribution < -0.4 is 5.56 Å². The molecule has 0 aliphatic carbocycles. The van der Waals surface area contributed by atoms with Gasteiger partial charge < -0.3 is 32.8 Å². The second kappa shape index (κ2) is 16.1. The summed E-state index contributed by atoms with van der Waals surface area (Å²) in [6.07, 6.45) is -2.58. The average molecular weight is 806 g/mol. The van der Waals surface area contributed by atoms with Gasteiger partial charge in [0.2, 0.25) is 0 Å². The van der Waals surface area contributed by atoms with Crippen molar-refractivity contribution in [2.45, 2.75) is 95.5 Å². The van der Waals surface area contributed by atoms with Crippen molar-refractivity contribution in [3.63, 3.8) is 0 Å². The summed E-state index contributed by atoms with van der Waals surface area (Å²) in [5.74, 6) is -1.75. The Hall–Kier alpha value is -3.74. The summed E-state index contributed by atoms with van der Waals surface area (Å²) in [5, 5.41) is -0.114. The molecule has 0 amide bonds. The van der Waals surface area contributed by atoms with Crippen molar-refractivity contribution in [3.05, 3.63) is 70.0 Å². The van der Waals surface area contributed by atoms with E-state index in [-0.39, 0.29) is 47.4 Å². The molecule has 0 radical (unpaired) electrons. The van der Waals surface area contributed by atoms with Crippen molar-refractivity contribution in [2.75, 3.05) is 26.4 Å². The van der Waals surface area contributed by atoms with Crippen molar-refractivity contribution in [2.24, 2.45) is 0 Å². The highest BCUT2D eigenvalue weighted by Crippen LogP contribution is 2.41. The molecule has 0 unspecified atom stereocenters. The van der Waals surface area contributed by atoms with E-state index in [0.29, 0.717) is 5.56 Å². The third-order valence-electron chi connectivity index (χ3n) is 9.52. The third kappa shape index (κ3) is 8.39. The van der Waals surface area contributed by atoms with E-state index < -0.39 is 74.6 Å². The van der Waals surface area contributed by atoms with Crippen LogP contribution in [0.1, 0.15) is 57.2 Å². The summed E-state index contributed by atoms with van der Waals surface area (Å²) in [4.78, 5) is 60.5. The van der Waals surface area contributed by atoms with E-state index in [1.54, 1.807) is 36.4 Å². The molecule has 2 aliphatic heterocycles. The van der Waals surface area contributed by atoms with Gasteiger partial charge in [-0.1, -0.05) is 45.0 Å². The quantitative estimate of drug-likeness (QED) is 0.0779. The molecule has 0 saturated carbocycles. The van der Waals surface area contributed by atoms with Crippen molar-refractivity contribution in [1.82, 2.24) is 19.1 Å². The summed E-state index contributed by atoms with van der Waals surface area (Å²) in [5.41, 5.74) is -0.0170. The van der Waals surface area contributed by atoms with Crippen molar-refractivity contribution in [1.29, 1.82) is 0 Å². The number of nitrogens with zero attached hydrogens (tertiary/aromatic N) is 4. The van der Waals surface area contributed by atoms with Gasteiger partial charge in [0, 0.05) is 13.8 Å². The summed E-state index contributed by atoms with van der Waals surface area (Å²) < 4.78 is 44.9. The maximum atomic E-state index is 14.1. The number of carbonyl (C=O) groups excluding carboxylic acids is 3. The third-order valence-corrected chi connectivity index (χ3v) is 14.6. The molecular formula is C35H45BrN4O11Si. The summed E-state index contributed by atoms with van der Waals surface area (Å²) in [7, 11) is -2.28. The van der Waals surface area contributed by atoms with E-state index >= 15 is 0 Å². The lowest BCUT2D eigenvalue weighted by atomic mass is 10.1. The van der Waals surface area contributed by atoms with Gasteiger partial charge in [0.25, 0.3) is 5.56 Å². The Labute approximate surface area is 310 Å². The molecule has 4 heterocycles. The zero-order chi connectivity index (χ0) is 38.0. The molecule has 3 aromatic rings. The van der Waals surface area contributed by atoms with E-state index in [2.05, 4.69) is 66.3 Å². The molecule has 0 bridgehead atoms. The zero-order valence-corrected chi connectivity index (χ0v) is 32.9. The largest absolute Gasteiger partial charge is 0.459 e. The van der Waals surface area contributed by atoms with Crippen LogP contribution in [0.3, 0.4) is 0 Å². The normalized spacial score (nSPS) is 24.9. The Morgan fingerprint density at radius 3 is 2.35 bits per heavy atom. The average Bonchev–Trinajstić information content (AvgIpc) is 3.74. The lowest BCUT2D eigenvalue weighted by Gasteiger charge is -2.37. The zero-order valence-electron chi connectivity index (χ0n) is 30.3. The molecule has 1 aromatic carbocycles. The number of hydrogen-bond donors (Lipinski definition) is 0. The molecule has 17 heteroatoms. The number of rotatable bonds is 13. The fourth-order valence-corrected chi connectivity index (χ4v) is 7.44. The smallest absolute Gasteiger partial charge is 0.338 e. The number of imidazole rings is 1. The van der Waals surface area contributed by atoms with E-state index in [0.717, 1.165) is 0 Å². The summed E-state index contributed by atoms with van der Waals surface area (Å²) in [6.45, 7) is 16.8. The Kier molecular flexibility index (Phi) is 12.2. The molecule has 15 nitrogen and oxygen atoms in total. The Morgan fingerprint density at radius 2 is 1.71 bits per heavy atom.